The monoisotopic (exact) mass is 294 g/mol. The van der Waals surface area contributed by atoms with Crippen LogP contribution in [-0.4, -0.2) is 46.0 Å². The maximum absolute atomic E-state index is 12.3. The summed E-state index contributed by atoms with van der Waals surface area (Å²) in [5.74, 6) is 0.0884. The fourth-order valence-electron chi connectivity index (χ4n) is 2.23. The highest BCUT2D eigenvalue weighted by molar-refractivity contribution is 7.99. The molecular formula is C14H18N2O3S. The zero-order valence-corrected chi connectivity index (χ0v) is 11.9. The molecule has 0 radical (unpaired) electrons. The van der Waals surface area contributed by atoms with Gasteiger partial charge in [-0.1, -0.05) is 30.3 Å². The Kier molecular flexibility index (Phi) is 5.03. The number of carbonyl (C=O) groups excluding carboxylic acids is 1. The second-order valence-corrected chi connectivity index (χ2v) is 5.89. The van der Waals surface area contributed by atoms with Crippen molar-refractivity contribution in [1.29, 1.82) is 0 Å². The number of rotatable bonds is 4. The number of carboxylic acids is 1. The highest BCUT2D eigenvalue weighted by Crippen LogP contribution is 2.21. The molecule has 6 heteroatoms. The van der Waals surface area contributed by atoms with Gasteiger partial charge in [-0.25, -0.2) is 4.79 Å². The van der Waals surface area contributed by atoms with Gasteiger partial charge in [0.25, 0.3) is 0 Å². The lowest BCUT2D eigenvalue weighted by Gasteiger charge is -2.33. The van der Waals surface area contributed by atoms with Crippen LogP contribution in [0.5, 0.6) is 0 Å². The predicted molar refractivity (Wildman–Crippen MR) is 78.4 cm³/mol. The standard InChI is InChI=1S/C14H18N2O3S/c15-11(10-4-2-1-3-5-10)8-13(17)16-6-7-20-9-12(16)14(18)19/h1-5,11-12H,6-9,15H2,(H,18,19). The Balaban J connectivity index is 2.01. The third kappa shape index (κ3) is 3.52. The van der Waals surface area contributed by atoms with E-state index in [2.05, 4.69) is 0 Å². The van der Waals surface area contributed by atoms with Gasteiger partial charge >= 0.3 is 5.97 Å². The van der Waals surface area contributed by atoms with Gasteiger partial charge in [0.2, 0.25) is 5.91 Å². The van der Waals surface area contributed by atoms with Crippen LogP contribution in [0.2, 0.25) is 0 Å². The summed E-state index contributed by atoms with van der Waals surface area (Å²) >= 11 is 1.56. The molecule has 2 unspecified atom stereocenters. The number of hydrogen-bond donors (Lipinski definition) is 2. The summed E-state index contributed by atoms with van der Waals surface area (Å²) < 4.78 is 0. The average molecular weight is 294 g/mol. The first-order valence-corrected chi connectivity index (χ1v) is 7.65. The van der Waals surface area contributed by atoms with Gasteiger partial charge in [0, 0.05) is 30.5 Å². The summed E-state index contributed by atoms with van der Waals surface area (Å²) in [5.41, 5.74) is 6.91. The van der Waals surface area contributed by atoms with Gasteiger partial charge in [-0.3, -0.25) is 4.79 Å². The number of thioether (sulfide) groups is 1. The molecule has 1 aliphatic rings. The molecule has 1 aliphatic heterocycles. The Morgan fingerprint density at radius 3 is 2.75 bits per heavy atom. The lowest BCUT2D eigenvalue weighted by atomic mass is 10.0. The first kappa shape index (κ1) is 14.9. The van der Waals surface area contributed by atoms with E-state index in [1.54, 1.807) is 11.8 Å². The molecule has 2 atom stereocenters. The molecule has 0 aromatic heterocycles. The van der Waals surface area contributed by atoms with Gasteiger partial charge in [0.1, 0.15) is 6.04 Å². The van der Waals surface area contributed by atoms with Crippen molar-refractivity contribution in [2.75, 3.05) is 18.1 Å². The molecule has 1 aromatic carbocycles. The van der Waals surface area contributed by atoms with Gasteiger partial charge in [-0.15, -0.1) is 0 Å². The lowest BCUT2D eigenvalue weighted by molar-refractivity contribution is -0.149. The van der Waals surface area contributed by atoms with Crippen molar-refractivity contribution in [2.24, 2.45) is 5.73 Å². The normalized spacial score (nSPS) is 20.4. The van der Waals surface area contributed by atoms with Crippen LogP contribution < -0.4 is 5.73 Å². The minimum Gasteiger partial charge on any atom is -0.480 e. The molecule has 3 N–H and O–H groups in total. The smallest absolute Gasteiger partial charge is 0.327 e. The molecule has 1 saturated heterocycles. The van der Waals surface area contributed by atoms with Gasteiger partial charge in [-0.05, 0) is 5.56 Å². The third-order valence-corrected chi connectivity index (χ3v) is 4.38. The Labute approximate surface area is 122 Å². The number of benzene rings is 1. The highest BCUT2D eigenvalue weighted by Gasteiger charge is 2.32. The van der Waals surface area contributed by atoms with Crippen molar-refractivity contribution in [1.82, 2.24) is 4.90 Å². The summed E-state index contributed by atoms with van der Waals surface area (Å²) in [6, 6.07) is 8.25. The number of amides is 1. The fourth-order valence-corrected chi connectivity index (χ4v) is 3.27. The number of nitrogens with two attached hydrogens (primary N) is 1. The first-order valence-electron chi connectivity index (χ1n) is 6.50. The second-order valence-electron chi connectivity index (χ2n) is 4.74. The van der Waals surface area contributed by atoms with E-state index >= 15 is 0 Å². The molecule has 0 saturated carbocycles. The molecule has 1 fully saturated rings. The SMILES string of the molecule is NC(CC(=O)N1CCSCC1C(=O)O)c1ccccc1. The fraction of sp³-hybridized carbons (Fsp3) is 0.429. The van der Waals surface area contributed by atoms with Gasteiger partial charge in [0.15, 0.2) is 0 Å². The van der Waals surface area contributed by atoms with E-state index in [1.807, 2.05) is 30.3 Å². The van der Waals surface area contributed by atoms with E-state index in [4.69, 9.17) is 5.73 Å². The lowest BCUT2D eigenvalue weighted by Crippen LogP contribution is -2.50. The topological polar surface area (TPSA) is 83.6 Å². The van der Waals surface area contributed by atoms with Crippen molar-refractivity contribution in [3.05, 3.63) is 35.9 Å². The van der Waals surface area contributed by atoms with Gasteiger partial charge in [0.05, 0.1) is 0 Å². The van der Waals surface area contributed by atoms with E-state index in [0.717, 1.165) is 11.3 Å². The van der Waals surface area contributed by atoms with Crippen LogP contribution in [0.25, 0.3) is 0 Å². The molecule has 0 aliphatic carbocycles. The molecule has 1 heterocycles. The van der Waals surface area contributed by atoms with Crippen molar-refractivity contribution >= 4 is 23.6 Å². The number of carbonyl (C=O) groups is 2. The average Bonchev–Trinajstić information content (AvgIpc) is 2.48. The molecule has 0 bridgehead atoms. The number of nitrogens with zero attached hydrogens (tertiary/aromatic N) is 1. The van der Waals surface area contributed by atoms with Crippen LogP contribution in [-0.2, 0) is 9.59 Å². The molecule has 1 amide bonds. The second kappa shape index (κ2) is 6.76. The molecule has 0 spiro atoms. The van der Waals surface area contributed by atoms with Crippen molar-refractivity contribution < 1.29 is 14.7 Å². The molecular weight excluding hydrogens is 276 g/mol. The largest absolute Gasteiger partial charge is 0.480 e. The first-order chi connectivity index (χ1) is 9.59. The minimum absolute atomic E-state index is 0.137. The summed E-state index contributed by atoms with van der Waals surface area (Å²) in [7, 11) is 0. The molecule has 5 nitrogen and oxygen atoms in total. The number of aliphatic carboxylic acids is 1. The molecule has 20 heavy (non-hydrogen) atoms. The van der Waals surface area contributed by atoms with Crippen LogP contribution in [0.4, 0.5) is 0 Å². The summed E-state index contributed by atoms with van der Waals surface area (Å²) in [5, 5.41) is 9.17. The number of carboxylic acid groups (broad SMARTS) is 1. The minimum atomic E-state index is -0.946. The van der Waals surface area contributed by atoms with Crippen LogP contribution in [0.3, 0.4) is 0 Å². The van der Waals surface area contributed by atoms with E-state index in [-0.39, 0.29) is 12.3 Å². The predicted octanol–water partition coefficient (Wildman–Crippen LogP) is 1.11. The van der Waals surface area contributed by atoms with Crippen LogP contribution in [0.1, 0.15) is 18.0 Å². The quantitative estimate of drug-likeness (QED) is 0.869. The van der Waals surface area contributed by atoms with Crippen molar-refractivity contribution in [3.8, 4) is 0 Å². The van der Waals surface area contributed by atoms with E-state index in [1.165, 1.54) is 4.90 Å². The van der Waals surface area contributed by atoms with E-state index in [9.17, 15) is 14.7 Å². The third-order valence-electron chi connectivity index (χ3n) is 3.36. The Morgan fingerprint density at radius 1 is 1.40 bits per heavy atom. The summed E-state index contributed by atoms with van der Waals surface area (Å²) in [4.78, 5) is 24.9. The van der Waals surface area contributed by atoms with Crippen LogP contribution in [0.15, 0.2) is 30.3 Å². The zero-order chi connectivity index (χ0) is 14.5. The van der Waals surface area contributed by atoms with Gasteiger partial charge < -0.3 is 15.7 Å². The highest BCUT2D eigenvalue weighted by atomic mass is 32.2. The van der Waals surface area contributed by atoms with E-state index in [0.29, 0.717) is 12.3 Å². The van der Waals surface area contributed by atoms with Crippen molar-refractivity contribution in [3.63, 3.8) is 0 Å². The molecule has 108 valence electrons. The van der Waals surface area contributed by atoms with Crippen LogP contribution >= 0.6 is 11.8 Å². The Morgan fingerprint density at radius 2 is 2.10 bits per heavy atom. The maximum Gasteiger partial charge on any atom is 0.327 e. The van der Waals surface area contributed by atoms with Gasteiger partial charge in [-0.2, -0.15) is 11.8 Å². The summed E-state index contributed by atoms with van der Waals surface area (Å²) in [6.07, 6.45) is 0.137. The Hall–Kier alpha value is -1.53. The molecule has 1 aromatic rings. The van der Waals surface area contributed by atoms with Crippen molar-refractivity contribution in [2.45, 2.75) is 18.5 Å². The zero-order valence-electron chi connectivity index (χ0n) is 11.1. The maximum atomic E-state index is 12.3. The number of hydrogen-bond acceptors (Lipinski definition) is 4. The van der Waals surface area contributed by atoms with E-state index < -0.39 is 18.1 Å². The summed E-state index contributed by atoms with van der Waals surface area (Å²) in [6.45, 7) is 0.474. The molecule has 2 rings (SSSR count). The van der Waals surface area contributed by atoms with Crippen LogP contribution in [0, 0.1) is 0 Å². The Bertz CT molecular complexity index is 481.